The van der Waals surface area contributed by atoms with Gasteiger partial charge < -0.3 is 19.5 Å². The number of esters is 2. The summed E-state index contributed by atoms with van der Waals surface area (Å²) < 4.78 is 15.2. The number of nitrogens with one attached hydrogen (secondary N) is 1. The van der Waals surface area contributed by atoms with Crippen molar-refractivity contribution in [2.45, 2.75) is 78.6 Å². The summed E-state index contributed by atoms with van der Waals surface area (Å²) in [6, 6.07) is -0.349. The van der Waals surface area contributed by atoms with E-state index in [0.29, 0.717) is 0 Å². The third kappa shape index (κ3) is 12.3. The van der Waals surface area contributed by atoms with Crippen molar-refractivity contribution in [2.75, 3.05) is 7.11 Å². The second-order valence-electron chi connectivity index (χ2n) is 8.07. The fraction of sp³-hybridized carbons (Fsp3) is 0.737. The van der Waals surface area contributed by atoms with Crippen LogP contribution in [0, 0.1) is 5.92 Å². The number of hydrogen-bond acceptors (Lipinski definition) is 6. The highest BCUT2D eigenvalue weighted by Gasteiger charge is 2.22. The molecule has 150 valence electrons. The van der Waals surface area contributed by atoms with Gasteiger partial charge in [-0.15, -0.1) is 0 Å². The van der Waals surface area contributed by atoms with Crippen molar-refractivity contribution in [2.24, 2.45) is 5.92 Å². The van der Waals surface area contributed by atoms with Gasteiger partial charge in [-0.05, 0) is 54.9 Å². The van der Waals surface area contributed by atoms with Crippen LogP contribution in [0.4, 0.5) is 4.79 Å². The summed E-state index contributed by atoms with van der Waals surface area (Å²) in [4.78, 5) is 35.4. The van der Waals surface area contributed by atoms with E-state index < -0.39 is 29.2 Å². The highest BCUT2D eigenvalue weighted by atomic mass is 16.6. The predicted molar refractivity (Wildman–Crippen MR) is 98.6 cm³/mol. The molecule has 0 aliphatic carbocycles. The number of hydrogen-bond donors (Lipinski definition) is 1. The van der Waals surface area contributed by atoms with E-state index in [1.165, 1.54) is 7.11 Å². The quantitative estimate of drug-likeness (QED) is 0.419. The summed E-state index contributed by atoms with van der Waals surface area (Å²) in [6.07, 6.45) is 3.10. The van der Waals surface area contributed by atoms with Gasteiger partial charge in [-0.25, -0.2) is 4.79 Å². The molecule has 0 rings (SSSR count). The Morgan fingerprint density at radius 3 is 1.96 bits per heavy atom. The Labute approximate surface area is 156 Å². The van der Waals surface area contributed by atoms with Gasteiger partial charge in [-0.1, -0.05) is 12.2 Å². The highest BCUT2D eigenvalue weighted by Crippen LogP contribution is 2.15. The minimum atomic E-state index is -0.601. The summed E-state index contributed by atoms with van der Waals surface area (Å²) in [5.74, 6) is -1.43. The SMILES string of the molecule is COC(=O)C(C=CC(C)NC(=O)OC(C)(C)C)CCC(=O)OC(C)(C)C. The third-order valence-electron chi connectivity index (χ3n) is 2.96. The summed E-state index contributed by atoms with van der Waals surface area (Å²) >= 11 is 0. The van der Waals surface area contributed by atoms with Crippen molar-refractivity contribution < 1.29 is 28.6 Å². The molecule has 0 saturated carbocycles. The van der Waals surface area contributed by atoms with Gasteiger partial charge in [0.25, 0.3) is 0 Å². The molecule has 0 heterocycles. The van der Waals surface area contributed by atoms with Gasteiger partial charge in [0.2, 0.25) is 0 Å². The Balaban J connectivity index is 4.70. The van der Waals surface area contributed by atoms with Gasteiger partial charge in [0.05, 0.1) is 13.0 Å². The standard InChI is InChI=1S/C19H33NO6/c1-13(20-17(23)26-19(5,6)7)9-10-14(16(22)24-8)11-12-15(21)25-18(2,3)4/h9-10,13-14H,11-12H2,1-8H3,(H,20,23). The van der Waals surface area contributed by atoms with Crippen molar-refractivity contribution in [3.05, 3.63) is 12.2 Å². The molecule has 0 saturated heterocycles. The van der Waals surface area contributed by atoms with Crippen LogP contribution in [0.2, 0.25) is 0 Å². The Morgan fingerprint density at radius 1 is 0.962 bits per heavy atom. The van der Waals surface area contributed by atoms with E-state index >= 15 is 0 Å². The van der Waals surface area contributed by atoms with Crippen LogP contribution >= 0.6 is 0 Å². The van der Waals surface area contributed by atoms with Crippen molar-refractivity contribution in [3.63, 3.8) is 0 Å². The average Bonchev–Trinajstić information content (AvgIpc) is 2.42. The molecule has 0 aromatic rings. The average molecular weight is 371 g/mol. The predicted octanol–water partition coefficient (Wildman–Crippen LogP) is 3.37. The molecule has 0 aliphatic heterocycles. The maximum atomic E-state index is 11.9. The molecule has 7 nitrogen and oxygen atoms in total. The van der Waals surface area contributed by atoms with E-state index in [2.05, 4.69) is 5.32 Å². The fourth-order valence-corrected chi connectivity index (χ4v) is 1.95. The van der Waals surface area contributed by atoms with E-state index in [-0.39, 0.29) is 24.9 Å². The van der Waals surface area contributed by atoms with Crippen LogP contribution in [0.25, 0.3) is 0 Å². The van der Waals surface area contributed by atoms with Crippen LogP contribution in [0.1, 0.15) is 61.3 Å². The second kappa shape index (κ2) is 10.2. The van der Waals surface area contributed by atoms with Gasteiger partial charge in [0, 0.05) is 12.5 Å². The molecule has 0 radical (unpaired) electrons. The molecule has 0 bridgehead atoms. The lowest BCUT2D eigenvalue weighted by Gasteiger charge is -2.21. The zero-order chi connectivity index (χ0) is 20.5. The minimum absolute atomic E-state index is 0.0925. The number of ether oxygens (including phenoxy) is 3. The number of rotatable bonds is 7. The molecule has 1 N–H and O–H groups in total. The lowest BCUT2D eigenvalue weighted by atomic mass is 10.0. The normalized spacial score (nSPS) is 14.5. The highest BCUT2D eigenvalue weighted by molar-refractivity contribution is 5.76. The molecule has 1 amide bonds. The largest absolute Gasteiger partial charge is 0.469 e. The molecule has 7 heteroatoms. The molecule has 26 heavy (non-hydrogen) atoms. The van der Waals surface area contributed by atoms with Gasteiger partial charge in [0.15, 0.2) is 0 Å². The molecular weight excluding hydrogens is 338 g/mol. The van der Waals surface area contributed by atoms with Crippen molar-refractivity contribution in [3.8, 4) is 0 Å². The number of amides is 1. The molecule has 0 spiro atoms. The molecule has 2 unspecified atom stereocenters. The first-order valence-corrected chi connectivity index (χ1v) is 8.71. The molecule has 0 fully saturated rings. The van der Waals surface area contributed by atoms with Crippen LogP contribution in [0.3, 0.4) is 0 Å². The number of alkyl carbamates (subject to hydrolysis) is 1. The first kappa shape index (κ1) is 23.9. The van der Waals surface area contributed by atoms with Gasteiger partial charge in [-0.2, -0.15) is 0 Å². The van der Waals surface area contributed by atoms with E-state index in [4.69, 9.17) is 14.2 Å². The zero-order valence-electron chi connectivity index (χ0n) is 17.2. The summed E-state index contributed by atoms with van der Waals surface area (Å²) in [6.45, 7) is 12.4. The monoisotopic (exact) mass is 371 g/mol. The van der Waals surface area contributed by atoms with Gasteiger partial charge >= 0.3 is 18.0 Å². The molecular formula is C19H33NO6. The Morgan fingerprint density at radius 2 is 1.50 bits per heavy atom. The van der Waals surface area contributed by atoms with E-state index in [0.717, 1.165) is 0 Å². The van der Waals surface area contributed by atoms with Crippen LogP contribution in [0.15, 0.2) is 12.2 Å². The van der Waals surface area contributed by atoms with Gasteiger partial charge in [-0.3, -0.25) is 9.59 Å². The number of carbonyl (C=O) groups excluding carboxylic acids is 3. The molecule has 0 aromatic heterocycles. The smallest absolute Gasteiger partial charge is 0.408 e. The molecule has 0 aromatic carbocycles. The van der Waals surface area contributed by atoms with Crippen LogP contribution in [0.5, 0.6) is 0 Å². The second-order valence-corrected chi connectivity index (χ2v) is 8.07. The molecule has 2 atom stereocenters. The lowest BCUT2D eigenvalue weighted by molar-refractivity contribution is -0.155. The third-order valence-corrected chi connectivity index (χ3v) is 2.96. The van der Waals surface area contributed by atoms with E-state index in [1.807, 2.05) is 0 Å². The Hall–Kier alpha value is -2.05. The Bertz CT molecular complexity index is 513. The summed E-state index contributed by atoms with van der Waals surface area (Å²) in [7, 11) is 1.29. The summed E-state index contributed by atoms with van der Waals surface area (Å²) in [5.41, 5.74) is -1.16. The van der Waals surface area contributed by atoms with Gasteiger partial charge in [0.1, 0.15) is 11.2 Å². The maximum absolute atomic E-state index is 11.9. The number of methoxy groups -OCH3 is 1. The van der Waals surface area contributed by atoms with Crippen LogP contribution < -0.4 is 5.32 Å². The molecule has 0 aliphatic rings. The maximum Gasteiger partial charge on any atom is 0.408 e. The van der Waals surface area contributed by atoms with Crippen LogP contribution in [-0.2, 0) is 23.8 Å². The van der Waals surface area contributed by atoms with E-state index in [1.54, 1.807) is 60.6 Å². The van der Waals surface area contributed by atoms with E-state index in [9.17, 15) is 14.4 Å². The Kier molecular flexibility index (Phi) is 9.38. The first-order valence-electron chi connectivity index (χ1n) is 8.71. The van der Waals surface area contributed by atoms with Crippen LogP contribution in [-0.4, -0.2) is 42.4 Å². The lowest BCUT2D eigenvalue weighted by Crippen LogP contribution is -2.36. The van der Waals surface area contributed by atoms with Crippen molar-refractivity contribution in [1.82, 2.24) is 5.32 Å². The topological polar surface area (TPSA) is 90.9 Å². The van der Waals surface area contributed by atoms with Crippen molar-refractivity contribution >= 4 is 18.0 Å². The first-order chi connectivity index (χ1) is 11.7. The summed E-state index contributed by atoms with van der Waals surface area (Å²) in [5, 5.41) is 2.65. The zero-order valence-corrected chi connectivity index (χ0v) is 17.2. The fourth-order valence-electron chi connectivity index (χ4n) is 1.95. The minimum Gasteiger partial charge on any atom is -0.469 e. The van der Waals surface area contributed by atoms with Crippen molar-refractivity contribution in [1.29, 1.82) is 0 Å². The number of carbonyl (C=O) groups is 3.